The van der Waals surface area contributed by atoms with Crippen molar-refractivity contribution in [1.29, 1.82) is 0 Å². The molecule has 11 rings (SSSR count). The fourth-order valence-corrected chi connectivity index (χ4v) is 10.2. The lowest BCUT2D eigenvalue weighted by Gasteiger charge is -2.22. The Labute approximate surface area is 659 Å². The number of amides is 2. The number of amidine groups is 6. The van der Waals surface area contributed by atoms with E-state index >= 15 is 0 Å². The molecular formula is C77H76Cl3F3N16O14. The lowest BCUT2D eigenvalue weighted by molar-refractivity contribution is -0.131. The first-order chi connectivity index (χ1) is 54.0. The maximum Gasteiger partial charge on any atom is 0.336 e. The number of ether oxygens (including phenoxy) is 3. The standard InChI is InChI=1S/C24H25Cl2FN6O3.C23H18FN5O5.C12H13FN4O.C12H8O5.C6H12ClN/c1-16(34)23-28-30-24(31-29-23)22-19(27)4-3-5-20(22)32(2)21(35)10-15-36-18-8-6-17(7-9-18)33(13-11-25)14-12-26;1-13(30)22-25-27-23(28-26-22)21-16(24)4-3-5-17(21)29(2)19(31)10-11-33-15-8-6-14-7-9-20(32)34-18(14)12-15;1-3-8-5-4-6-9(13)10(8)12-16-14-11(7(2)18)15-17-12;13-11(14)5-6-16-9-3-1-8-2-4-12(15)17-10(8)7-9;1-5(2)6(7)8(3)4/h3-10,15H,11-14H2,1-2H3,(H,28,29)(H,30,31);3-12H,1-2H3,(H,25,26)(H,27,28);4-6H,3H2,1-2H3,(H,14,15)(H,16,17);1-7H,(H,13,14);1-4H3/b15-10+;11-10+;;6-5+;. The molecule has 8 aromatic rings. The average molecular weight is 1610 g/mol. The average Bonchev–Trinajstić information content (AvgIpc) is 0.802. The molecule has 0 saturated heterocycles. The number of carbonyl (C=O) groups is 6. The number of Topliss-reactive ketones (excluding diaryl/α,β-unsaturated/α-hetero) is 3. The van der Waals surface area contributed by atoms with E-state index in [0.29, 0.717) is 65.2 Å². The van der Waals surface area contributed by atoms with Crippen molar-refractivity contribution in [3.05, 3.63) is 248 Å². The Morgan fingerprint density at radius 1 is 0.487 bits per heavy atom. The van der Waals surface area contributed by atoms with Crippen molar-refractivity contribution in [1.82, 2.24) is 37.5 Å². The van der Waals surface area contributed by atoms with Crippen molar-refractivity contribution >= 4 is 144 Å². The molecule has 0 aliphatic carbocycles. The molecule has 0 bridgehead atoms. The smallest absolute Gasteiger partial charge is 0.336 e. The minimum atomic E-state index is -1.10. The number of carbonyl (C=O) groups excluding carboxylic acids is 5. The molecule has 36 heteroatoms. The van der Waals surface area contributed by atoms with Crippen LogP contribution in [0.4, 0.5) is 30.2 Å². The van der Waals surface area contributed by atoms with Crippen molar-refractivity contribution in [3.8, 4) is 17.2 Å². The van der Waals surface area contributed by atoms with Gasteiger partial charge in [0.15, 0.2) is 34.9 Å². The number of hydrogen-bond donors (Lipinski definition) is 7. The van der Waals surface area contributed by atoms with Crippen LogP contribution in [0.2, 0.25) is 0 Å². The summed E-state index contributed by atoms with van der Waals surface area (Å²) < 4.78 is 69.3. The normalized spacial score (nSPS) is 12.5. The zero-order valence-electron chi connectivity index (χ0n) is 62.3. The predicted molar refractivity (Wildman–Crippen MR) is 428 cm³/mol. The summed E-state index contributed by atoms with van der Waals surface area (Å²) in [7, 11) is 6.80. The van der Waals surface area contributed by atoms with Gasteiger partial charge in [0.05, 0.1) is 52.9 Å². The zero-order chi connectivity index (χ0) is 82.4. The van der Waals surface area contributed by atoms with Crippen LogP contribution in [-0.4, -0.2) is 133 Å². The Morgan fingerprint density at radius 2 is 0.858 bits per heavy atom. The lowest BCUT2D eigenvalue weighted by Crippen LogP contribution is -2.38. The van der Waals surface area contributed by atoms with Gasteiger partial charge in [0.2, 0.25) is 17.5 Å². The highest BCUT2D eigenvalue weighted by atomic mass is 35.5. The number of aryl methyl sites for hydroxylation is 1. The minimum Gasteiger partial charge on any atom is -0.478 e. The van der Waals surface area contributed by atoms with E-state index < -0.39 is 40.7 Å². The zero-order valence-corrected chi connectivity index (χ0v) is 64.5. The number of carboxylic acids is 1. The molecule has 113 heavy (non-hydrogen) atoms. The predicted octanol–water partition coefficient (Wildman–Crippen LogP) is 10.6. The Kier molecular flexibility index (Phi) is 32.7. The van der Waals surface area contributed by atoms with Crippen LogP contribution >= 0.6 is 34.8 Å². The SMILES string of the molecule is CC(=O)C1=NNC(c2c(F)cccc2N(C)C(=O)/C=C/Oc2ccc(N(CCCl)CCCl)cc2)=NN1.CC(=O)C1=NNC(c2c(F)cccc2N(C)C(=O)/C=C/Oc2ccc3ccc(=O)oc3c2)=NN1.CC(C)=C(Cl)N(C)C.CCc1cccc(F)c1C1=NNC(C(C)=O)=NN1.O=C(O)/C=C/Oc1ccc2ccc(=O)oc2c1. The van der Waals surface area contributed by atoms with Crippen LogP contribution in [0.15, 0.2) is 236 Å². The number of halogens is 6. The molecule has 0 radical (unpaired) electrons. The second-order valence-corrected chi connectivity index (χ2v) is 25.0. The van der Waals surface area contributed by atoms with E-state index in [-0.39, 0.29) is 80.7 Å². The highest BCUT2D eigenvalue weighted by molar-refractivity contribution is 6.39. The number of hydrazone groups is 6. The lowest BCUT2D eigenvalue weighted by atomic mass is 10.0. The molecule has 3 aliphatic heterocycles. The van der Waals surface area contributed by atoms with Crippen LogP contribution < -0.4 is 72.7 Å². The molecule has 5 heterocycles. The first-order valence-corrected chi connectivity index (χ1v) is 35.2. The number of benzene rings is 6. The minimum absolute atomic E-state index is 0.00404. The molecular weight excluding hydrogens is 1540 g/mol. The van der Waals surface area contributed by atoms with Crippen molar-refractivity contribution in [3.63, 3.8) is 0 Å². The Bertz CT molecular complexity index is 5290. The molecule has 0 unspecified atom stereocenters. The van der Waals surface area contributed by atoms with Crippen LogP contribution in [0.5, 0.6) is 17.2 Å². The second kappa shape index (κ2) is 42.5. The van der Waals surface area contributed by atoms with Crippen molar-refractivity contribution < 1.29 is 70.1 Å². The molecule has 30 nitrogen and oxygen atoms in total. The summed E-state index contributed by atoms with van der Waals surface area (Å²) >= 11 is 17.5. The number of rotatable bonds is 24. The highest BCUT2D eigenvalue weighted by Gasteiger charge is 2.26. The molecule has 0 saturated carbocycles. The molecule has 2 amide bonds. The van der Waals surface area contributed by atoms with Gasteiger partial charge in [0.1, 0.15) is 51.0 Å². The first-order valence-electron chi connectivity index (χ1n) is 33.8. The second-order valence-electron chi connectivity index (χ2n) is 23.8. The number of nitrogens with one attached hydrogen (secondary N) is 6. The summed E-state index contributed by atoms with van der Waals surface area (Å²) in [6.45, 7) is 11.2. The fraction of sp³-hybridized carbons (Fsp3) is 0.195. The summed E-state index contributed by atoms with van der Waals surface area (Å²) in [4.78, 5) is 98.3. The van der Waals surface area contributed by atoms with Crippen molar-refractivity contribution in [2.75, 3.05) is 67.7 Å². The maximum atomic E-state index is 14.7. The number of likely N-dealkylation sites (N-methyl/N-ethyl adjacent to an activating group) is 2. The first kappa shape index (κ1) is 86.8. The van der Waals surface area contributed by atoms with Gasteiger partial charge in [-0.05, 0) is 122 Å². The fourth-order valence-electron chi connectivity index (χ4n) is 9.75. The summed E-state index contributed by atoms with van der Waals surface area (Å²) in [5.74, 6) is -2.08. The van der Waals surface area contributed by atoms with Crippen LogP contribution in [0.3, 0.4) is 0 Å². The van der Waals surface area contributed by atoms with E-state index in [1.807, 2.05) is 58.0 Å². The van der Waals surface area contributed by atoms with Gasteiger partial charge in [-0.1, -0.05) is 42.8 Å². The highest BCUT2D eigenvalue weighted by Crippen LogP contribution is 2.28. The van der Waals surface area contributed by atoms with Crippen LogP contribution in [-0.2, 0) is 35.2 Å². The molecule has 0 spiro atoms. The third kappa shape index (κ3) is 25.3. The monoisotopic (exact) mass is 1610 g/mol. The van der Waals surface area contributed by atoms with Gasteiger partial charge in [0.25, 0.3) is 11.8 Å². The summed E-state index contributed by atoms with van der Waals surface area (Å²) in [6.07, 6.45) is 7.38. The quantitative estimate of drug-likeness (QED) is 0.00971. The van der Waals surface area contributed by atoms with Crippen molar-refractivity contribution in [2.24, 2.45) is 30.6 Å². The number of anilines is 3. The van der Waals surface area contributed by atoms with Gasteiger partial charge < -0.3 is 47.8 Å². The van der Waals surface area contributed by atoms with Crippen LogP contribution in [0.1, 0.15) is 63.8 Å². The molecule has 590 valence electrons. The number of aliphatic carboxylic acids is 1. The van der Waals surface area contributed by atoms with E-state index in [2.05, 4.69) is 68.1 Å². The molecule has 0 atom stereocenters. The Balaban J connectivity index is 0.000000211. The third-order valence-corrected chi connectivity index (χ3v) is 16.4. The van der Waals surface area contributed by atoms with E-state index in [0.717, 1.165) is 51.2 Å². The Morgan fingerprint density at radius 3 is 1.21 bits per heavy atom. The summed E-state index contributed by atoms with van der Waals surface area (Å²) in [6, 6.07) is 36.3. The number of carboxylic acid groups (broad SMARTS) is 1. The van der Waals surface area contributed by atoms with E-state index in [4.69, 9.17) is 63.0 Å². The van der Waals surface area contributed by atoms with E-state index in [1.54, 1.807) is 60.7 Å². The van der Waals surface area contributed by atoms with E-state index in [9.17, 15) is 51.5 Å². The van der Waals surface area contributed by atoms with Gasteiger partial charge in [-0.2, -0.15) is 30.6 Å². The topological polar surface area (TPSA) is 370 Å². The number of alkyl halides is 2. The number of nitrogens with zero attached hydrogens (tertiary/aromatic N) is 10. The molecule has 6 aromatic carbocycles. The van der Waals surface area contributed by atoms with Gasteiger partial charge >= 0.3 is 17.2 Å². The van der Waals surface area contributed by atoms with Crippen LogP contribution in [0.25, 0.3) is 21.9 Å². The van der Waals surface area contributed by atoms with Gasteiger partial charge in [0, 0.05) is 127 Å². The molecule has 3 aliphatic rings. The largest absolute Gasteiger partial charge is 0.478 e. The maximum absolute atomic E-state index is 14.7. The molecule has 2 aromatic heterocycles. The van der Waals surface area contributed by atoms with Gasteiger partial charge in [-0.25, -0.2) is 27.6 Å². The third-order valence-electron chi connectivity index (χ3n) is 15.3. The summed E-state index contributed by atoms with van der Waals surface area (Å²) in [5, 5.41) is 34.0. The number of ketones is 3. The number of allylic oxidation sites excluding steroid dienone is 1. The van der Waals surface area contributed by atoms with E-state index in [1.165, 1.54) is 124 Å². The van der Waals surface area contributed by atoms with Gasteiger partial charge in [-0.15, -0.1) is 23.2 Å². The van der Waals surface area contributed by atoms with Crippen molar-refractivity contribution in [2.45, 2.75) is 48.0 Å². The molecule has 0 fully saturated rings. The van der Waals surface area contributed by atoms with Gasteiger partial charge in [-0.3, -0.25) is 56.5 Å². The molecule has 7 N–H and O–H groups in total. The summed E-state index contributed by atoms with van der Waals surface area (Å²) in [5.41, 5.74) is 18.6. The van der Waals surface area contributed by atoms with Crippen LogP contribution in [0, 0.1) is 17.5 Å². The Hall–Kier alpha value is -13.4. The number of hydrogen-bond acceptors (Lipinski definition) is 27. The number of fused-ring (bicyclic) bond motifs is 2.